The van der Waals surface area contributed by atoms with Gasteiger partial charge in [-0.2, -0.15) is 0 Å². The van der Waals surface area contributed by atoms with Gasteiger partial charge in [-0.3, -0.25) is 0 Å². The summed E-state index contributed by atoms with van der Waals surface area (Å²) in [5.41, 5.74) is 14.4. The molecule has 0 aliphatic heterocycles. The molecule has 1 heterocycles. The van der Waals surface area contributed by atoms with Gasteiger partial charge < -0.3 is 11.5 Å². The number of hydrogen-bond acceptors (Lipinski definition) is 3. The van der Waals surface area contributed by atoms with Crippen LogP contribution in [0, 0.1) is 0 Å². The van der Waals surface area contributed by atoms with Crippen molar-refractivity contribution >= 4 is 22.7 Å². The summed E-state index contributed by atoms with van der Waals surface area (Å²) in [5.74, 6) is 0. The molecule has 3 heteroatoms. The normalized spacial score (nSPS) is 11.7. The SMILES string of the molecule is CC(C)(C)c1ccc(-c2ccc(N)cc2N)s1. The molecule has 0 saturated heterocycles. The van der Waals surface area contributed by atoms with Gasteiger partial charge in [0.2, 0.25) is 0 Å². The van der Waals surface area contributed by atoms with E-state index in [2.05, 4.69) is 32.9 Å². The quantitative estimate of drug-likeness (QED) is 0.750. The molecule has 0 fully saturated rings. The summed E-state index contributed by atoms with van der Waals surface area (Å²) in [6.07, 6.45) is 0. The van der Waals surface area contributed by atoms with Crippen molar-refractivity contribution in [2.75, 3.05) is 11.5 Å². The number of anilines is 2. The van der Waals surface area contributed by atoms with Gasteiger partial charge in [0, 0.05) is 26.7 Å². The molecular weight excluding hydrogens is 228 g/mol. The number of rotatable bonds is 1. The maximum atomic E-state index is 6.00. The van der Waals surface area contributed by atoms with Crippen LogP contribution in [0.4, 0.5) is 11.4 Å². The summed E-state index contributed by atoms with van der Waals surface area (Å²) >= 11 is 1.79. The summed E-state index contributed by atoms with van der Waals surface area (Å²) in [4.78, 5) is 2.57. The third-order valence-corrected chi connectivity index (χ3v) is 4.23. The Hall–Kier alpha value is -1.48. The predicted molar refractivity (Wildman–Crippen MR) is 77.3 cm³/mol. The molecule has 0 aliphatic rings. The number of hydrogen-bond donors (Lipinski definition) is 2. The van der Waals surface area contributed by atoms with Crippen LogP contribution in [0.5, 0.6) is 0 Å². The first-order valence-electron chi connectivity index (χ1n) is 5.63. The first-order chi connectivity index (χ1) is 7.88. The second-order valence-corrected chi connectivity index (χ2v) is 6.34. The van der Waals surface area contributed by atoms with Gasteiger partial charge in [0.05, 0.1) is 0 Å². The van der Waals surface area contributed by atoms with E-state index in [1.165, 1.54) is 9.75 Å². The van der Waals surface area contributed by atoms with Crippen LogP contribution in [0.25, 0.3) is 10.4 Å². The van der Waals surface area contributed by atoms with Crippen LogP contribution in [-0.2, 0) is 5.41 Å². The predicted octanol–water partition coefficient (Wildman–Crippen LogP) is 3.88. The van der Waals surface area contributed by atoms with E-state index in [1.54, 1.807) is 11.3 Å². The van der Waals surface area contributed by atoms with Crippen molar-refractivity contribution in [1.82, 2.24) is 0 Å². The molecule has 2 aromatic rings. The summed E-state index contributed by atoms with van der Waals surface area (Å²) in [6.45, 7) is 6.65. The zero-order chi connectivity index (χ0) is 12.6. The Kier molecular flexibility index (Phi) is 2.87. The smallest absolute Gasteiger partial charge is 0.0422 e. The number of nitrogen functional groups attached to an aromatic ring is 2. The summed E-state index contributed by atoms with van der Waals surface area (Å²) in [5, 5.41) is 0. The van der Waals surface area contributed by atoms with Gasteiger partial charge in [0.1, 0.15) is 0 Å². The van der Waals surface area contributed by atoms with E-state index in [9.17, 15) is 0 Å². The van der Waals surface area contributed by atoms with E-state index in [0.29, 0.717) is 5.69 Å². The molecule has 0 bridgehead atoms. The molecule has 1 aromatic carbocycles. The Labute approximate surface area is 106 Å². The largest absolute Gasteiger partial charge is 0.399 e. The Balaban J connectivity index is 2.44. The highest BCUT2D eigenvalue weighted by atomic mass is 32.1. The van der Waals surface area contributed by atoms with E-state index in [1.807, 2.05) is 18.2 Å². The van der Waals surface area contributed by atoms with E-state index < -0.39 is 0 Å². The van der Waals surface area contributed by atoms with E-state index >= 15 is 0 Å². The molecule has 17 heavy (non-hydrogen) atoms. The minimum Gasteiger partial charge on any atom is -0.399 e. The molecule has 90 valence electrons. The average molecular weight is 246 g/mol. The zero-order valence-electron chi connectivity index (χ0n) is 10.4. The number of thiophene rings is 1. The molecule has 2 nitrogen and oxygen atoms in total. The van der Waals surface area contributed by atoms with Crippen LogP contribution in [0.1, 0.15) is 25.6 Å². The maximum Gasteiger partial charge on any atom is 0.0422 e. The van der Waals surface area contributed by atoms with Gasteiger partial charge in [0.15, 0.2) is 0 Å². The van der Waals surface area contributed by atoms with Crippen LogP contribution in [-0.4, -0.2) is 0 Å². The highest BCUT2D eigenvalue weighted by Crippen LogP contribution is 2.37. The monoisotopic (exact) mass is 246 g/mol. The second-order valence-electron chi connectivity index (χ2n) is 5.26. The second kappa shape index (κ2) is 4.08. The molecule has 0 amide bonds. The van der Waals surface area contributed by atoms with Crippen molar-refractivity contribution in [2.24, 2.45) is 0 Å². The topological polar surface area (TPSA) is 52.0 Å². The van der Waals surface area contributed by atoms with Gasteiger partial charge in [-0.05, 0) is 35.7 Å². The molecule has 0 saturated carbocycles. The molecule has 0 atom stereocenters. The Morgan fingerprint density at radius 3 is 2.24 bits per heavy atom. The fourth-order valence-corrected chi connectivity index (χ4v) is 2.80. The first-order valence-corrected chi connectivity index (χ1v) is 6.45. The van der Waals surface area contributed by atoms with Gasteiger partial charge in [-0.25, -0.2) is 0 Å². The lowest BCUT2D eigenvalue weighted by Gasteiger charge is -2.15. The zero-order valence-corrected chi connectivity index (χ0v) is 11.3. The van der Waals surface area contributed by atoms with Gasteiger partial charge >= 0.3 is 0 Å². The van der Waals surface area contributed by atoms with E-state index in [4.69, 9.17) is 11.5 Å². The molecule has 0 spiro atoms. The fourth-order valence-electron chi connectivity index (χ4n) is 1.69. The molecule has 0 aliphatic carbocycles. The molecule has 4 N–H and O–H groups in total. The van der Waals surface area contributed by atoms with Crippen LogP contribution in [0.3, 0.4) is 0 Å². The fraction of sp³-hybridized carbons (Fsp3) is 0.286. The standard InChI is InChI=1S/C14H18N2S/c1-14(2,3)13-7-6-12(17-13)10-5-4-9(15)8-11(10)16/h4-8H,15-16H2,1-3H3. The van der Waals surface area contributed by atoms with Gasteiger partial charge in [-0.1, -0.05) is 20.8 Å². The van der Waals surface area contributed by atoms with Crippen LogP contribution in [0.2, 0.25) is 0 Å². The van der Waals surface area contributed by atoms with Crippen molar-refractivity contribution in [3.63, 3.8) is 0 Å². The van der Waals surface area contributed by atoms with Crippen molar-refractivity contribution in [3.8, 4) is 10.4 Å². The highest BCUT2D eigenvalue weighted by Gasteiger charge is 2.17. The summed E-state index contributed by atoms with van der Waals surface area (Å²) in [6, 6.07) is 10.00. The van der Waals surface area contributed by atoms with E-state index in [-0.39, 0.29) is 5.41 Å². The van der Waals surface area contributed by atoms with Crippen molar-refractivity contribution < 1.29 is 0 Å². The minimum absolute atomic E-state index is 0.186. The minimum atomic E-state index is 0.186. The lowest BCUT2D eigenvalue weighted by molar-refractivity contribution is 0.604. The highest BCUT2D eigenvalue weighted by molar-refractivity contribution is 7.15. The van der Waals surface area contributed by atoms with Crippen LogP contribution in [0.15, 0.2) is 30.3 Å². The first kappa shape index (κ1) is 12.0. The Morgan fingerprint density at radius 2 is 1.71 bits per heavy atom. The molecule has 0 radical (unpaired) electrons. The lowest BCUT2D eigenvalue weighted by Crippen LogP contribution is -2.07. The van der Waals surface area contributed by atoms with Crippen molar-refractivity contribution in [3.05, 3.63) is 35.2 Å². The van der Waals surface area contributed by atoms with Crippen molar-refractivity contribution in [1.29, 1.82) is 0 Å². The Morgan fingerprint density at radius 1 is 1.00 bits per heavy atom. The van der Waals surface area contributed by atoms with E-state index in [0.717, 1.165) is 11.3 Å². The third kappa shape index (κ3) is 2.44. The summed E-state index contributed by atoms with van der Waals surface area (Å²) < 4.78 is 0. The van der Waals surface area contributed by atoms with Crippen molar-refractivity contribution in [2.45, 2.75) is 26.2 Å². The molecule has 0 unspecified atom stereocenters. The third-order valence-electron chi connectivity index (χ3n) is 2.69. The Bertz CT molecular complexity index is 535. The van der Waals surface area contributed by atoms with Crippen LogP contribution >= 0.6 is 11.3 Å². The molecule has 1 aromatic heterocycles. The van der Waals surface area contributed by atoms with Gasteiger partial charge in [0.25, 0.3) is 0 Å². The molecule has 2 rings (SSSR count). The number of benzene rings is 1. The molecular formula is C14H18N2S. The summed E-state index contributed by atoms with van der Waals surface area (Å²) in [7, 11) is 0. The van der Waals surface area contributed by atoms with Gasteiger partial charge in [-0.15, -0.1) is 11.3 Å². The average Bonchev–Trinajstić information content (AvgIpc) is 2.65. The number of nitrogens with two attached hydrogens (primary N) is 2. The van der Waals surface area contributed by atoms with Crippen LogP contribution < -0.4 is 11.5 Å². The lowest BCUT2D eigenvalue weighted by atomic mass is 9.95. The maximum absolute atomic E-state index is 6.00.